The summed E-state index contributed by atoms with van der Waals surface area (Å²) in [4.78, 5) is 12.7. The van der Waals surface area contributed by atoms with Gasteiger partial charge in [-0.2, -0.15) is 0 Å². The van der Waals surface area contributed by atoms with Crippen molar-refractivity contribution in [2.45, 2.75) is 30.3 Å². The van der Waals surface area contributed by atoms with Gasteiger partial charge in [0.25, 0.3) is 0 Å². The molecule has 0 unspecified atom stereocenters. The fraction of sp³-hybridized carbons (Fsp3) is 0.250. The predicted octanol–water partition coefficient (Wildman–Crippen LogP) is 4.33. The number of ether oxygens (including phenoxy) is 1. The number of carbonyl (C=O) groups excluding carboxylic acids is 1. The van der Waals surface area contributed by atoms with Gasteiger partial charge in [0.15, 0.2) is 5.82 Å². The first-order valence-corrected chi connectivity index (χ1v) is 10.7. The highest BCUT2D eigenvalue weighted by molar-refractivity contribution is 8.00. The lowest BCUT2D eigenvalue weighted by atomic mass is 10.1. The van der Waals surface area contributed by atoms with Gasteiger partial charge in [-0.25, -0.2) is 4.68 Å². The van der Waals surface area contributed by atoms with Crippen LogP contribution in [0.25, 0.3) is 11.4 Å². The van der Waals surface area contributed by atoms with E-state index in [0.29, 0.717) is 32.3 Å². The molecule has 0 bridgehead atoms. The summed E-state index contributed by atoms with van der Waals surface area (Å²) in [7, 11) is 1.58. The van der Waals surface area contributed by atoms with E-state index >= 15 is 0 Å². The van der Waals surface area contributed by atoms with E-state index in [0.717, 1.165) is 5.56 Å². The van der Waals surface area contributed by atoms with E-state index in [9.17, 15) is 4.79 Å². The Kier molecular flexibility index (Phi) is 7.12. The summed E-state index contributed by atoms with van der Waals surface area (Å²) in [6.45, 7) is 3.63. The molecule has 2 aromatic carbocycles. The number of nitrogens with one attached hydrogen (secondary N) is 1. The maximum absolute atomic E-state index is 12.7. The number of halogens is 2. The van der Waals surface area contributed by atoms with Gasteiger partial charge in [-0.15, -0.1) is 10.2 Å². The fourth-order valence-corrected chi connectivity index (χ4v) is 4.19. The normalized spacial score (nSPS) is 13.0. The van der Waals surface area contributed by atoms with Gasteiger partial charge >= 0.3 is 0 Å². The van der Waals surface area contributed by atoms with Crippen molar-refractivity contribution in [1.29, 1.82) is 0 Å². The Labute approximate surface area is 188 Å². The third-order valence-electron chi connectivity index (χ3n) is 4.45. The average molecular weight is 466 g/mol. The van der Waals surface area contributed by atoms with Crippen molar-refractivity contribution in [1.82, 2.24) is 20.2 Å². The molecule has 3 rings (SSSR count). The zero-order chi connectivity index (χ0) is 21.8. The lowest BCUT2D eigenvalue weighted by Gasteiger charge is -2.18. The standard InChI is InChI=1S/C20H21Cl2N5O2S/c1-11(14-9-8-13(21)10-16(14)22)24-19(28)12(2)30-20-26-25-18(27(20)23)15-6-4-5-7-17(15)29-3/h4-12H,23H2,1-3H3,(H,24,28)/t11-,12-/m1/s1. The lowest BCUT2D eigenvalue weighted by Crippen LogP contribution is -2.33. The van der Waals surface area contributed by atoms with Gasteiger partial charge in [0.05, 0.1) is 24.0 Å². The maximum atomic E-state index is 12.7. The summed E-state index contributed by atoms with van der Waals surface area (Å²) in [5.74, 6) is 7.09. The molecule has 10 heteroatoms. The van der Waals surface area contributed by atoms with Gasteiger partial charge in [0, 0.05) is 10.0 Å². The van der Waals surface area contributed by atoms with E-state index in [2.05, 4.69) is 15.5 Å². The summed E-state index contributed by atoms with van der Waals surface area (Å²) >= 11 is 13.4. The quantitative estimate of drug-likeness (QED) is 0.398. The number of nitrogens with zero attached hydrogens (tertiary/aromatic N) is 3. The predicted molar refractivity (Wildman–Crippen MR) is 120 cm³/mol. The zero-order valence-corrected chi connectivity index (χ0v) is 18.9. The minimum atomic E-state index is -0.462. The summed E-state index contributed by atoms with van der Waals surface area (Å²) in [5, 5.41) is 12.2. The van der Waals surface area contributed by atoms with Crippen LogP contribution in [0, 0.1) is 0 Å². The van der Waals surface area contributed by atoms with E-state index in [1.165, 1.54) is 16.4 Å². The van der Waals surface area contributed by atoms with Crippen LogP contribution in [0.1, 0.15) is 25.5 Å². The molecular weight excluding hydrogens is 445 g/mol. The van der Waals surface area contributed by atoms with Gasteiger partial charge in [0.1, 0.15) is 5.75 Å². The first-order valence-electron chi connectivity index (χ1n) is 9.07. The number of rotatable bonds is 7. The van der Waals surface area contributed by atoms with Crippen LogP contribution in [0.3, 0.4) is 0 Å². The Morgan fingerprint density at radius 3 is 2.63 bits per heavy atom. The summed E-state index contributed by atoms with van der Waals surface area (Å²) in [6, 6.07) is 12.3. The number of hydrogen-bond acceptors (Lipinski definition) is 6. The third kappa shape index (κ3) is 4.83. The second-order valence-electron chi connectivity index (χ2n) is 6.53. The van der Waals surface area contributed by atoms with Crippen LogP contribution in [0.15, 0.2) is 47.6 Å². The van der Waals surface area contributed by atoms with Gasteiger partial charge in [0.2, 0.25) is 11.1 Å². The molecular formula is C20H21Cl2N5O2S. The molecule has 1 heterocycles. The molecule has 7 nitrogen and oxygen atoms in total. The molecule has 0 spiro atoms. The van der Waals surface area contributed by atoms with Crippen molar-refractivity contribution in [2.24, 2.45) is 0 Å². The molecule has 0 aliphatic heterocycles. The number of aromatic nitrogens is 3. The summed E-state index contributed by atoms with van der Waals surface area (Å²) < 4.78 is 6.71. The molecule has 3 N–H and O–H groups in total. The number of nitrogens with two attached hydrogens (primary N) is 1. The van der Waals surface area contributed by atoms with E-state index < -0.39 is 5.25 Å². The summed E-state index contributed by atoms with van der Waals surface area (Å²) in [5.41, 5.74) is 1.50. The van der Waals surface area contributed by atoms with E-state index in [4.69, 9.17) is 33.8 Å². The number of benzene rings is 2. The average Bonchev–Trinajstić information content (AvgIpc) is 3.07. The van der Waals surface area contributed by atoms with Crippen molar-refractivity contribution in [3.05, 3.63) is 58.1 Å². The highest BCUT2D eigenvalue weighted by Crippen LogP contribution is 2.31. The Morgan fingerprint density at radius 1 is 1.20 bits per heavy atom. The van der Waals surface area contributed by atoms with Crippen LogP contribution < -0.4 is 15.9 Å². The van der Waals surface area contributed by atoms with Gasteiger partial charge in [-0.05, 0) is 43.7 Å². The van der Waals surface area contributed by atoms with Crippen LogP contribution >= 0.6 is 35.0 Å². The molecule has 0 radical (unpaired) electrons. The number of nitrogen functional groups attached to an aromatic ring is 1. The molecule has 0 aliphatic carbocycles. The molecule has 3 aromatic rings. The molecule has 0 aliphatic rings. The van der Waals surface area contributed by atoms with E-state index in [1.807, 2.05) is 31.2 Å². The molecule has 158 valence electrons. The van der Waals surface area contributed by atoms with Crippen molar-refractivity contribution >= 4 is 40.9 Å². The molecule has 1 aromatic heterocycles. The second kappa shape index (κ2) is 9.59. The highest BCUT2D eigenvalue weighted by atomic mass is 35.5. The smallest absolute Gasteiger partial charge is 0.233 e. The molecule has 0 saturated heterocycles. The topological polar surface area (TPSA) is 95.1 Å². The minimum absolute atomic E-state index is 0.180. The zero-order valence-electron chi connectivity index (χ0n) is 16.6. The molecule has 0 fully saturated rings. The molecule has 2 atom stereocenters. The Morgan fingerprint density at radius 2 is 1.93 bits per heavy atom. The van der Waals surface area contributed by atoms with Crippen LogP contribution in [0.4, 0.5) is 0 Å². The van der Waals surface area contributed by atoms with Crippen molar-refractivity contribution < 1.29 is 9.53 Å². The second-order valence-corrected chi connectivity index (χ2v) is 8.68. The minimum Gasteiger partial charge on any atom is -0.496 e. The van der Waals surface area contributed by atoms with Crippen molar-refractivity contribution in [3.63, 3.8) is 0 Å². The number of hydrogen-bond donors (Lipinski definition) is 2. The van der Waals surface area contributed by atoms with Crippen LogP contribution in [0.2, 0.25) is 10.0 Å². The van der Waals surface area contributed by atoms with Gasteiger partial charge in [-0.3, -0.25) is 4.79 Å². The first-order chi connectivity index (χ1) is 14.3. The van der Waals surface area contributed by atoms with E-state index in [-0.39, 0.29) is 11.9 Å². The Balaban J connectivity index is 1.71. The molecule has 30 heavy (non-hydrogen) atoms. The Hall–Kier alpha value is -2.42. The molecule has 0 saturated carbocycles. The SMILES string of the molecule is COc1ccccc1-c1nnc(S[C@H](C)C(=O)N[C@H](C)c2ccc(Cl)cc2Cl)n1N. The van der Waals surface area contributed by atoms with Crippen LogP contribution in [-0.2, 0) is 4.79 Å². The van der Waals surface area contributed by atoms with Crippen molar-refractivity contribution in [3.8, 4) is 17.1 Å². The van der Waals surface area contributed by atoms with Crippen LogP contribution in [0.5, 0.6) is 5.75 Å². The fourth-order valence-electron chi connectivity index (χ4n) is 2.84. The van der Waals surface area contributed by atoms with Gasteiger partial charge < -0.3 is 15.9 Å². The van der Waals surface area contributed by atoms with Gasteiger partial charge in [-0.1, -0.05) is 53.2 Å². The number of methoxy groups -OCH3 is 1. The third-order valence-corrected chi connectivity index (χ3v) is 6.07. The van der Waals surface area contributed by atoms with E-state index in [1.54, 1.807) is 32.2 Å². The molecule has 1 amide bonds. The Bertz CT molecular complexity index is 1060. The number of amides is 1. The van der Waals surface area contributed by atoms with Crippen LogP contribution in [-0.4, -0.2) is 33.1 Å². The first kappa shape index (κ1) is 22.3. The largest absolute Gasteiger partial charge is 0.496 e. The monoisotopic (exact) mass is 465 g/mol. The number of thioether (sulfide) groups is 1. The number of carbonyl (C=O) groups is 1. The van der Waals surface area contributed by atoms with Crippen molar-refractivity contribution in [2.75, 3.05) is 13.0 Å². The highest BCUT2D eigenvalue weighted by Gasteiger charge is 2.23. The maximum Gasteiger partial charge on any atom is 0.233 e. The lowest BCUT2D eigenvalue weighted by molar-refractivity contribution is -0.120. The summed E-state index contributed by atoms with van der Waals surface area (Å²) in [6.07, 6.45) is 0. The number of para-hydroxylation sites is 1.